The number of likely N-dealkylation sites (N-methyl/N-ethyl adjacent to an activating group) is 2. The molecule has 2 unspecified atom stereocenters. The molecular formula is C22H26N4. The highest BCUT2D eigenvalue weighted by Gasteiger charge is 2.70. The van der Waals surface area contributed by atoms with Crippen molar-refractivity contribution in [1.29, 1.82) is 0 Å². The smallest absolute Gasteiger partial charge is 0.0901 e. The summed E-state index contributed by atoms with van der Waals surface area (Å²) < 4.78 is 0. The van der Waals surface area contributed by atoms with Crippen LogP contribution in [0.2, 0.25) is 0 Å². The fourth-order valence-corrected chi connectivity index (χ4v) is 6.73. The van der Waals surface area contributed by atoms with Crippen LogP contribution in [0.5, 0.6) is 0 Å². The van der Waals surface area contributed by atoms with Crippen LogP contribution in [0.4, 0.5) is 11.4 Å². The lowest BCUT2D eigenvalue weighted by molar-refractivity contribution is 0.147. The van der Waals surface area contributed by atoms with Gasteiger partial charge in [-0.3, -0.25) is 9.80 Å². The highest BCUT2D eigenvalue weighted by atomic mass is 15.4. The zero-order valence-electron chi connectivity index (χ0n) is 15.5. The molecule has 0 spiro atoms. The van der Waals surface area contributed by atoms with Gasteiger partial charge in [0, 0.05) is 35.3 Å². The fraction of sp³-hybridized carbons (Fsp3) is 0.455. The third kappa shape index (κ3) is 1.47. The van der Waals surface area contributed by atoms with Crippen molar-refractivity contribution in [1.82, 2.24) is 9.80 Å². The molecule has 4 aliphatic heterocycles. The molecule has 134 valence electrons. The van der Waals surface area contributed by atoms with Gasteiger partial charge < -0.3 is 10.6 Å². The minimum Gasteiger partial charge on any atom is -0.369 e. The number of para-hydroxylation sites is 2. The van der Waals surface area contributed by atoms with Crippen molar-refractivity contribution in [3.63, 3.8) is 0 Å². The van der Waals surface area contributed by atoms with E-state index in [1.54, 1.807) is 0 Å². The van der Waals surface area contributed by atoms with Gasteiger partial charge in [-0.15, -0.1) is 0 Å². The SMILES string of the molecule is CN1CCC2(C34CCN(C)[C@@H]3Nc3ccccc34)c3ccccc3N[C@@H]12. The summed E-state index contributed by atoms with van der Waals surface area (Å²) in [6.45, 7) is 2.29. The van der Waals surface area contributed by atoms with Gasteiger partial charge >= 0.3 is 0 Å². The van der Waals surface area contributed by atoms with Gasteiger partial charge in [0.1, 0.15) is 0 Å². The molecule has 26 heavy (non-hydrogen) atoms. The van der Waals surface area contributed by atoms with Gasteiger partial charge in [0.2, 0.25) is 0 Å². The molecule has 6 rings (SSSR count). The number of rotatable bonds is 1. The Kier molecular flexibility index (Phi) is 2.79. The highest BCUT2D eigenvalue weighted by Crippen LogP contribution is 2.65. The summed E-state index contributed by atoms with van der Waals surface area (Å²) in [6, 6.07) is 18.1. The predicted molar refractivity (Wildman–Crippen MR) is 106 cm³/mol. The van der Waals surface area contributed by atoms with Gasteiger partial charge in [-0.25, -0.2) is 0 Å². The molecule has 0 amide bonds. The van der Waals surface area contributed by atoms with E-state index >= 15 is 0 Å². The van der Waals surface area contributed by atoms with Crippen LogP contribution in [0.15, 0.2) is 48.5 Å². The van der Waals surface area contributed by atoms with Crippen molar-refractivity contribution in [3.8, 4) is 0 Å². The molecule has 2 aromatic carbocycles. The Bertz CT molecular complexity index is 822. The van der Waals surface area contributed by atoms with Crippen LogP contribution in [0.1, 0.15) is 24.0 Å². The Morgan fingerprint density at radius 1 is 0.731 bits per heavy atom. The third-order valence-electron chi connectivity index (χ3n) is 7.73. The van der Waals surface area contributed by atoms with Crippen LogP contribution in [-0.2, 0) is 10.8 Å². The molecule has 4 aliphatic rings. The summed E-state index contributed by atoms with van der Waals surface area (Å²) in [6.07, 6.45) is 3.14. The molecule has 4 heteroatoms. The number of hydrogen-bond acceptors (Lipinski definition) is 4. The van der Waals surface area contributed by atoms with E-state index in [-0.39, 0.29) is 10.8 Å². The normalized spacial score (nSPS) is 37.6. The standard InChI is InChI=1S/C22H26N4/c1-25-13-11-21(15-7-3-5-9-17(15)23-19(21)25)22-12-14-26(2)20(22)24-18-10-6-4-8-16(18)22/h3-10,19-20,23-24H,11-14H2,1-2H3/t19-,20-,21?,22?/m0/s1. The van der Waals surface area contributed by atoms with E-state index in [4.69, 9.17) is 0 Å². The van der Waals surface area contributed by atoms with Crippen LogP contribution >= 0.6 is 0 Å². The second-order valence-corrected chi connectivity index (χ2v) is 8.59. The molecule has 0 saturated carbocycles. The van der Waals surface area contributed by atoms with Gasteiger partial charge in [0.15, 0.2) is 0 Å². The molecule has 2 saturated heterocycles. The summed E-state index contributed by atoms with van der Waals surface area (Å²) in [5.74, 6) is 0. The molecule has 4 atom stereocenters. The van der Waals surface area contributed by atoms with E-state index in [0.717, 1.165) is 13.1 Å². The maximum atomic E-state index is 3.90. The summed E-state index contributed by atoms with van der Waals surface area (Å²) in [4.78, 5) is 5.07. The van der Waals surface area contributed by atoms with Crippen LogP contribution in [0.25, 0.3) is 0 Å². The molecule has 0 radical (unpaired) electrons. The Morgan fingerprint density at radius 3 is 1.62 bits per heavy atom. The molecule has 4 heterocycles. The minimum absolute atomic E-state index is 0.105. The lowest BCUT2D eigenvalue weighted by atomic mass is 9.55. The number of anilines is 2. The lowest BCUT2D eigenvalue weighted by Crippen LogP contribution is -2.60. The van der Waals surface area contributed by atoms with E-state index in [1.807, 2.05) is 0 Å². The molecule has 2 N–H and O–H groups in total. The molecule has 0 aromatic heterocycles. The summed E-state index contributed by atoms with van der Waals surface area (Å²) >= 11 is 0. The maximum absolute atomic E-state index is 3.90. The average Bonchev–Trinajstić information content (AvgIpc) is 3.36. The van der Waals surface area contributed by atoms with Crippen molar-refractivity contribution in [2.45, 2.75) is 36.0 Å². The molecule has 0 bridgehead atoms. The van der Waals surface area contributed by atoms with E-state index in [0.29, 0.717) is 12.3 Å². The van der Waals surface area contributed by atoms with Crippen molar-refractivity contribution in [3.05, 3.63) is 59.7 Å². The van der Waals surface area contributed by atoms with Gasteiger partial charge in [-0.2, -0.15) is 0 Å². The quantitative estimate of drug-likeness (QED) is 0.831. The van der Waals surface area contributed by atoms with Crippen molar-refractivity contribution in [2.24, 2.45) is 0 Å². The molecule has 2 fully saturated rings. The monoisotopic (exact) mass is 346 g/mol. The van der Waals surface area contributed by atoms with Crippen molar-refractivity contribution >= 4 is 11.4 Å². The van der Waals surface area contributed by atoms with E-state index in [1.165, 1.54) is 35.3 Å². The second kappa shape index (κ2) is 4.81. The lowest BCUT2D eigenvalue weighted by Gasteiger charge is -2.48. The van der Waals surface area contributed by atoms with Gasteiger partial charge in [0.25, 0.3) is 0 Å². The molecule has 0 aliphatic carbocycles. The first-order valence-corrected chi connectivity index (χ1v) is 9.81. The third-order valence-corrected chi connectivity index (χ3v) is 7.73. The highest BCUT2D eigenvalue weighted by molar-refractivity contribution is 5.72. The number of nitrogens with zero attached hydrogens (tertiary/aromatic N) is 2. The maximum Gasteiger partial charge on any atom is 0.0901 e. The van der Waals surface area contributed by atoms with Crippen LogP contribution in [0.3, 0.4) is 0 Å². The van der Waals surface area contributed by atoms with Crippen LogP contribution in [-0.4, -0.2) is 49.3 Å². The summed E-state index contributed by atoms with van der Waals surface area (Å²) in [5, 5.41) is 7.79. The Balaban J connectivity index is 1.68. The van der Waals surface area contributed by atoms with Crippen LogP contribution in [0, 0.1) is 0 Å². The Morgan fingerprint density at radius 2 is 1.15 bits per heavy atom. The fourth-order valence-electron chi connectivity index (χ4n) is 6.73. The van der Waals surface area contributed by atoms with Gasteiger partial charge in [-0.05, 0) is 50.2 Å². The van der Waals surface area contributed by atoms with Crippen molar-refractivity contribution < 1.29 is 0 Å². The van der Waals surface area contributed by atoms with Gasteiger partial charge in [0.05, 0.1) is 12.3 Å². The average molecular weight is 346 g/mol. The molecule has 4 nitrogen and oxygen atoms in total. The number of benzene rings is 2. The zero-order chi connectivity index (χ0) is 17.5. The van der Waals surface area contributed by atoms with Crippen molar-refractivity contribution in [2.75, 3.05) is 37.8 Å². The number of hydrogen-bond donors (Lipinski definition) is 2. The first-order chi connectivity index (χ1) is 12.7. The topological polar surface area (TPSA) is 30.5 Å². The Labute approximate surface area is 155 Å². The summed E-state index contributed by atoms with van der Waals surface area (Å²) in [7, 11) is 4.56. The molecule has 2 aromatic rings. The predicted octanol–water partition coefficient (Wildman–Crippen LogP) is 3.04. The largest absolute Gasteiger partial charge is 0.369 e. The number of fused-ring (bicyclic) bond motifs is 7. The first-order valence-electron chi connectivity index (χ1n) is 9.81. The number of likely N-dealkylation sites (tertiary alicyclic amines) is 2. The van der Waals surface area contributed by atoms with E-state index in [9.17, 15) is 0 Å². The number of nitrogens with one attached hydrogen (secondary N) is 2. The Hall–Kier alpha value is -2.04. The minimum atomic E-state index is 0.105. The summed E-state index contributed by atoms with van der Waals surface area (Å²) in [5.41, 5.74) is 5.91. The second-order valence-electron chi connectivity index (χ2n) is 8.59. The first kappa shape index (κ1) is 15.1. The van der Waals surface area contributed by atoms with Gasteiger partial charge in [-0.1, -0.05) is 36.4 Å². The van der Waals surface area contributed by atoms with Crippen LogP contribution < -0.4 is 10.6 Å². The zero-order valence-corrected chi connectivity index (χ0v) is 15.5. The molecular weight excluding hydrogens is 320 g/mol. The van der Waals surface area contributed by atoms with E-state index < -0.39 is 0 Å². The van der Waals surface area contributed by atoms with E-state index in [2.05, 4.69) is 83.1 Å².